The first-order valence-corrected chi connectivity index (χ1v) is 11.2. The molecule has 0 saturated carbocycles. The van der Waals surface area contributed by atoms with Crippen LogP contribution in [0.3, 0.4) is 0 Å². The first kappa shape index (κ1) is 23.0. The van der Waals surface area contributed by atoms with Crippen LogP contribution in [0.2, 0.25) is 0 Å². The van der Waals surface area contributed by atoms with Gasteiger partial charge in [-0.25, -0.2) is 9.97 Å². The summed E-state index contributed by atoms with van der Waals surface area (Å²) in [5.74, 6) is 2.48. The molecule has 1 saturated heterocycles. The molecule has 162 valence electrons. The number of hydrogen-bond donors (Lipinski definition) is 1. The zero-order chi connectivity index (χ0) is 20.7. The Hall–Kier alpha value is -1.63. The SMILES string of the molecule is Cc1nc(N2CCC(CCO)CC2)c2c(C)cn(-c3c(C)cc(Br)cc3C)c2n1.Cl. The minimum Gasteiger partial charge on any atom is -0.396 e. The van der Waals surface area contributed by atoms with Crippen molar-refractivity contribution >= 4 is 45.2 Å². The molecule has 1 aromatic carbocycles. The average Bonchev–Trinajstić information content (AvgIpc) is 2.97. The Morgan fingerprint density at radius 3 is 2.27 bits per heavy atom. The topological polar surface area (TPSA) is 54.2 Å². The maximum absolute atomic E-state index is 9.25. The van der Waals surface area contributed by atoms with E-state index in [9.17, 15) is 5.11 Å². The number of halogens is 2. The summed E-state index contributed by atoms with van der Waals surface area (Å²) in [4.78, 5) is 12.1. The number of aryl methyl sites for hydroxylation is 4. The van der Waals surface area contributed by atoms with Gasteiger partial charge in [0.05, 0.1) is 11.1 Å². The summed E-state index contributed by atoms with van der Waals surface area (Å²) in [6.07, 6.45) is 5.32. The van der Waals surface area contributed by atoms with Gasteiger partial charge in [-0.15, -0.1) is 12.4 Å². The Morgan fingerprint density at radius 2 is 1.67 bits per heavy atom. The van der Waals surface area contributed by atoms with Gasteiger partial charge >= 0.3 is 0 Å². The molecule has 1 N–H and O–H groups in total. The molecule has 30 heavy (non-hydrogen) atoms. The second-order valence-corrected chi connectivity index (χ2v) is 9.22. The van der Waals surface area contributed by atoms with E-state index < -0.39 is 0 Å². The molecule has 5 nitrogen and oxygen atoms in total. The summed E-state index contributed by atoms with van der Waals surface area (Å²) in [5.41, 5.74) is 5.81. The van der Waals surface area contributed by atoms with E-state index >= 15 is 0 Å². The summed E-state index contributed by atoms with van der Waals surface area (Å²) >= 11 is 3.61. The second-order valence-electron chi connectivity index (χ2n) is 8.31. The van der Waals surface area contributed by atoms with Gasteiger partial charge in [0.2, 0.25) is 0 Å². The molecule has 0 spiro atoms. The number of aliphatic hydroxyl groups excluding tert-OH is 1. The molecule has 3 aromatic rings. The molecular formula is C23H30BrClN4O. The van der Waals surface area contributed by atoms with E-state index in [0.717, 1.165) is 59.5 Å². The summed E-state index contributed by atoms with van der Waals surface area (Å²) in [7, 11) is 0. The lowest BCUT2D eigenvalue weighted by molar-refractivity contribution is 0.240. The zero-order valence-corrected chi connectivity index (χ0v) is 20.5. The van der Waals surface area contributed by atoms with Crippen molar-refractivity contribution in [3.05, 3.63) is 45.3 Å². The number of aliphatic hydroxyl groups is 1. The molecule has 0 aliphatic carbocycles. The van der Waals surface area contributed by atoms with Crippen molar-refractivity contribution in [1.29, 1.82) is 0 Å². The fourth-order valence-corrected chi connectivity index (χ4v) is 5.37. The second kappa shape index (κ2) is 9.25. The molecular weight excluding hydrogens is 464 g/mol. The Morgan fingerprint density at radius 1 is 1.03 bits per heavy atom. The first-order valence-electron chi connectivity index (χ1n) is 10.4. The molecule has 4 rings (SSSR count). The van der Waals surface area contributed by atoms with E-state index in [1.165, 1.54) is 22.4 Å². The van der Waals surface area contributed by atoms with Gasteiger partial charge in [0.15, 0.2) is 5.65 Å². The molecule has 7 heteroatoms. The van der Waals surface area contributed by atoms with Gasteiger partial charge in [-0.05, 0) is 81.7 Å². The third-order valence-electron chi connectivity index (χ3n) is 6.08. The number of piperidine rings is 1. The van der Waals surface area contributed by atoms with Crippen LogP contribution in [0.1, 0.15) is 41.8 Å². The van der Waals surface area contributed by atoms with E-state index in [1.54, 1.807) is 0 Å². The highest BCUT2D eigenvalue weighted by atomic mass is 79.9. The predicted octanol–water partition coefficient (Wildman–Crippen LogP) is 5.44. The molecule has 3 heterocycles. The van der Waals surface area contributed by atoms with Gasteiger partial charge in [-0.1, -0.05) is 15.9 Å². The number of nitrogens with zero attached hydrogens (tertiary/aromatic N) is 4. The van der Waals surface area contributed by atoms with Crippen molar-refractivity contribution in [1.82, 2.24) is 14.5 Å². The lowest BCUT2D eigenvalue weighted by Crippen LogP contribution is -2.34. The molecule has 0 amide bonds. The normalized spacial score (nSPS) is 14.9. The first-order chi connectivity index (χ1) is 13.9. The average molecular weight is 494 g/mol. The molecule has 0 unspecified atom stereocenters. The highest BCUT2D eigenvalue weighted by molar-refractivity contribution is 9.10. The Labute approximate surface area is 193 Å². The van der Waals surface area contributed by atoms with Crippen LogP contribution in [0.15, 0.2) is 22.8 Å². The smallest absolute Gasteiger partial charge is 0.150 e. The van der Waals surface area contributed by atoms with Crippen molar-refractivity contribution in [2.24, 2.45) is 5.92 Å². The van der Waals surface area contributed by atoms with E-state index in [-0.39, 0.29) is 19.0 Å². The number of anilines is 1. The zero-order valence-electron chi connectivity index (χ0n) is 18.1. The predicted molar refractivity (Wildman–Crippen MR) is 129 cm³/mol. The van der Waals surface area contributed by atoms with Crippen LogP contribution >= 0.6 is 28.3 Å². The lowest BCUT2D eigenvalue weighted by atomic mass is 9.94. The Bertz CT molecular complexity index is 1030. The van der Waals surface area contributed by atoms with E-state index in [1.807, 2.05) is 6.92 Å². The molecule has 0 radical (unpaired) electrons. The minimum atomic E-state index is 0. The molecule has 0 bridgehead atoms. The molecule has 1 fully saturated rings. The van der Waals surface area contributed by atoms with Crippen LogP contribution in [0.4, 0.5) is 5.82 Å². The van der Waals surface area contributed by atoms with Gasteiger partial charge < -0.3 is 14.6 Å². The van der Waals surface area contributed by atoms with E-state index in [0.29, 0.717) is 5.92 Å². The largest absolute Gasteiger partial charge is 0.396 e. The Kier molecular flexibility index (Phi) is 7.10. The number of fused-ring (bicyclic) bond motifs is 1. The van der Waals surface area contributed by atoms with Gasteiger partial charge in [0, 0.05) is 30.4 Å². The van der Waals surface area contributed by atoms with Crippen molar-refractivity contribution in [2.45, 2.75) is 47.0 Å². The molecule has 1 aliphatic rings. The minimum absolute atomic E-state index is 0. The highest BCUT2D eigenvalue weighted by Gasteiger charge is 2.24. The van der Waals surface area contributed by atoms with Gasteiger partial charge in [0.25, 0.3) is 0 Å². The third kappa shape index (κ3) is 4.23. The van der Waals surface area contributed by atoms with Crippen LogP contribution in [-0.2, 0) is 0 Å². The van der Waals surface area contributed by atoms with Crippen molar-refractivity contribution in [3.63, 3.8) is 0 Å². The number of rotatable bonds is 4. The maximum Gasteiger partial charge on any atom is 0.150 e. The monoisotopic (exact) mass is 492 g/mol. The van der Waals surface area contributed by atoms with E-state index in [2.05, 4.69) is 64.5 Å². The maximum atomic E-state index is 9.25. The number of benzene rings is 1. The number of aromatic nitrogens is 3. The van der Waals surface area contributed by atoms with Crippen LogP contribution < -0.4 is 4.90 Å². The molecule has 2 aromatic heterocycles. The summed E-state index contributed by atoms with van der Waals surface area (Å²) in [6, 6.07) is 4.31. The van der Waals surface area contributed by atoms with Gasteiger partial charge in [-0.2, -0.15) is 0 Å². The summed E-state index contributed by atoms with van der Waals surface area (Å²) in [6.45, 7) is 10.7. The molecule has 0 atom stereocenters. The third-order valence-corrected chi connectivity index (χ3v) is 6.53. The van der Waals surface area contributed by atoms with E-state index in [4.69, 9.17) is 9.97 Å². The highest BCUT2D eigenvalue weighted by Crippen LogP contribution is 2.35. The van der Waals surface area contributed by atoms with Crippen molar-refractivity contribution in [2.75, 3.05) is 24.6 Å². The van der Waals surface area contributed by atoms with Crippen LogP contribution in [0, 0.1) is 33.6 Å². The fraction of sp³-hybridized carbons (Fsp3) is 0.478. The summed E-state index contributed by atoms with van der Waals surface area (Å²) < 4.78 is 3.33. The molecule has 1 aliphatic heterocycles. The van der Waals surface area contributed by atoms with Crippen LogP contribution in [-0.4, -0.2) is 39.3 Å². The Balaban J connectivity index is 0.00000256. The lowest BCUT2D eigenvalue weighted by Gasteiger charge is -2.33. The standard InChI is InChI=1S/C23H29BrN4O.ClH/c1-14-11-19(24)12-15(2)21(14)28-13-16(3)20-22(25-17(4)26-23(20)28)27-8-5-18(6-9-27)7-10-29;/h11-13,18,29H,5-10H2,1-4H3;1H. The van der Waals surface area contributed by atoms with Crippen LogP contribution in [0.25, 0.3) is 16.7 Å². The number of hydrogen-bond acceptors (Lipinski definition) is 4. The fourth-order valence-electron chi connectivity index (χ4n) is 4.69. The van der Waals surface area contributed by atoms with Gasteiger partial charge in [-0.3, -0.25) is 0 Å². The van der Waals surface area contributed by atoms with Gasteiger partial charge in [0.1, 0.15) is 11.6 Å². The van der Waals surface area contributed by atoms with Crippen LogP contribution in [0.5, 0.6) is 0 Å². The summed E-state index contributed by atoms with van der Waals surface area (Å²) in [5, 5.41) is 10.4. The van der Waals surface area contributed by atoms with Crippen molar-refractivity contribution < 1.29 is 5.11 Å². The van der Waals surface area contributed by atoms with Crippen molar-refractivity contribution in [3.8, 4) is 5.69 Å². The quantitative estimate of drug-likeness (QED) is 0.526.